The van der Waals surface area contributed by atoms with Crippen molar-refractivity contribution in [1.29, 1.82) is 0 Å². The molecule has 5 nitrogen and oxygen atoms in total. The summed E-state index contributed by atoms with van der Waals surface area (Å²) in [6.45, 7) is 0.972. The van der Waals surface area contributed by atoms with Gasteiger partial charge in [0.05, 0.1) is 0 Å². The first-order chi connectivity index (χ1) is 3.46. The van der Waals surface area contributed by atoms with Crippen LogP contribution in [0.5, 0.6) is 0 Å². The van der Waals surface area contributed by atoms with Gasteiger partial charge in [-0.2, -0.15) is 0 Å². The molecule has 0 radical (unpaired) electrons. The van der Waals surface area contributed by atoms with Gasteiger partial charge >= 0.3 is 35.5 Å². The van der Waals surface area contributed by atoms with Crippen molar-refractivity contribution in [1.82, 2.24) is 0 Å². The molecule has 0 aromatic heterocycles. The van der Waals surface area contributed by atoms with Gasteiger partial charge in [-0.3, -0.25) is 16.9 Å². The number of nitrogens with two attached hydrogens (primary N) is 3. The molecule has 0 rings (SSSR count). The van der Waals surface area contributed by atoms with Crippen molar-refractivity contribution in [2.75, 3.05) is 0 Å². The summed E-state index contributed by atoms with van der Waals surface area (Å²) in [6.07, 6.45) is 0. The van der Waals surface area contributed by atoms with Crippen LogP contribution in [0.3, 0.4) is 0 Å². The van der Waals surface area contributed by atoms with Gasteiger partial charge in [0.15, 0.2) is 0 Å². The van der Waals surface area contributed by atoms with Gasteiger partial charge in [-0.05, 0) is 6.92 Å². The van der Waals surface area contributed by atoms with Crippen molar-refractivity contribution in [2.24, 2.45) is 11.5 Å². The van der Waals surface area contributed by atoms with E-state index in [1.807, 2.05) is 0 Å². The van der Waals surface area contributed by atoms with Gasteiger partial charge in [-0.1, -0.05) is 0 Å². The zero-order valence-electron chi connectivity index (χ0n) is 5.93. The van der Waals surface area contributed by atoms with Crippen molar-refractivity contribution >= 4 is 11.9 Å². The number of aliphatic carboxylic acids is 1. The monoisotopic (exact) mass is 177 g/mol. The molecule has 6 N–H and O–H groups in total. The first-order valence-corrected chi connectivity index (χ1v) is 1.77. The summed E-state index contributed by atoms with van der Waals surface area (Å²) in [7, 11) is 0. The van der Waals surface area contributed by atoms with Crippen molar-refractivity contribution in [2.45, 2.75) is 6.92 Å². The Morgan fingerprint density at radius 3 is 1.50 bits per heavy atom. The Hall–Kier alpha value is 0.0300. The molecule has 0 aliphatic carbocycles. The van der Waals surface area contributed by atoms with Crippen LogP contribution >= 0.6 is 0 Å². The van der Waals surface area contributed by atoms with E-state index in [1.54, 1.807) is 0 Å². The summed E-state index contributed by atoms with van der Waals surface area (Å²) in [5, 5.41) is 13.5. The molecule has 10 heavy (non-hydrogen) atoms. The van der Waals surface area contributed by atoms with Gasteiger partial charge in [0.1, 0.15) is 0 Å². The molecule has 0 aliphatic rings. The predicted octanol–water partition coefficient (Wildman–Crippen LogP) is -10.2. The minimum absolute atomic E-state index is 0. The molecular formula is C3H9ClN3NaO2. The third-order valence-electron chi connectivity index (χ3n) is 0. The van der Waals surface area contributed by atoms with Crippen LogP contribution in [0.15, 0.2) is 0 Å². The smallest absolute Gasteiger partial charge is 1.00 e. The van der Waals surface area contributed by atoms with Crippen molar-refractivity contribution in [3.63, 3.8) is 0 Å². The molecule has 0 heterocycles. The van der Waals surface area contributed by atoms with E-state index in [-0.39, 0.29) is 47.9 Å². The fourth-order valence-corrected chi connectivity index (χ4v) is 0. The molecule has 0 aromatic carbocycles. The van der Waals surface area contributed by atoms with Crippen LogP contribution in [0.4, 0.5) is 0 Å². The largest absolute Gasteiger partial charge is 1.00 e. The fraction of sp³-hybridized carbons (Fsp3) is 0.333. The second-order valence-corrected chi connectivity index (χ2v) is 0.992. The number of hydrogen-bond acceptors (Lipinski definition) is 2. The molecule has 0 fully saturated rings. The molecule has 0 unspecified atom stereocenters. The van der Waals surface area contributed by atoms with Gasteiger partial charge < -0.3 is 22.3 Å². The van der Waals surface area contributed by atoms with Crippen molar-refractivity contribution in [3.8, 4) is 0 Å². The van der Waals surface area contributed by atoms with Gasteiger partial charge in [-0.15, -0.1) is 0 Å². The predicted molar refractivity (Wildman–Crippen MR) is 26.0 cm³/mol. The normalized spacial score (nSPS) is 4.90. The minimum atomic E-state index is -1.08. The zero-order valence-corrected chi connectivity index (χ0v) is 8.68. The van der Waals surface area contributed by atoms with Crippen LogP contribution in [0.2, 0.25) is 0 Å². The average Bonchev–Trinajstić information content (AvgIpc) is 1.25. The van der Waals surface area contributed by atoms with Crippen LogP contribution < -0.4 is 63.9 Å². The molecule has 0 amide bonds. The molecule has 7 heteroatoms. The van der Waals surface area contributed by atoms with Gasteiger partial charge in [0.25, 0.3) is 0 Å². The van der Waals surface area contributed by atoms with E-state index in [4.69, 9.17) is 9.90 Å². The number of hydrogen-bond donors (Lipinski definition) is 3. The molecule has 0 spiro atoms. The second kappa shape index (κ2) is 16.0. The van der Waals surface area contributed by atoms with Crippen molar-refractivity contribution in [3.05, 3.63) is 0 Å². The summed E-state index contributed by atoms with van der Waals surface area (Å²) in [5.41, 5.74) is 9.17. The molecular weight excluding hydrogens is 168 g/mol. The van der Waals surface area contributed by atoms with Crippen LogP contribution in [-0.2, 0) is 4.79 Å². The van der Waals surface area contributed by atoms with E-state index in [0.29, 0.717) is 0 Å². The Balaban J connectivity index is -0.0000000300. The third kappa shape index (κ3) is 441000. The second-order valence-electron chi connectivity index (χ2n) is 0.992. The Morgan fingerprint density at radius 2 is 1.50 bits per heavy atom. The van der Waals surface area contributed by atoms with E-state index in [1.165, 1.54) is 0 Å². The number of carboxylic acid groups (broad SMARTS) is 1. The molecule has 0 bridgehead atoms. The van der Waals surface area contributed by atoms with Gasteiger partial charge in [0, 0.05) is 5.97 Å². The third-order valence-corrected chi connectivity index (χ3v) is 0. The first-order valence-electron chi connectivity index (χ1n) is 1.77. The van der Waals surface area contributed by atoms with Gasteiger partial charge in [0.2, 0.25) is 0 Å². The van der Waals surface area contributed by atoms with Crippen LogP contribution in [0.25, 0.3) is 0 Å². The summed E-state index contributed by atoms with van der Waals surface area (Å²) < 4.78 is 0. The van der Waals surface area contributed by atoms with Crippen LogP contribution in [0.1, 0.15) is 6.92 Å². The molecule has 0 aliphatic heterocycles. The average molecular weight is 178 g/mol. The summed E-state index contributed by atoms with van der Waals surface area (Å²) in [4.78, 5) is 8.89. The number of rotatable bonds is 0. The Kier molecular flexibility index (Phi) is 36.0. The van der Waals surface area contributed by atoms with Gasteiger partial charge in [-0.25, -0.2) is 0 Å². The zero-order chi connectivity index (χ0) is 7.15. The molecule has 0 saturated carbocycles. The molecule has 0 aromatic rings. The number of halogens is 1. The van der Waals surface area contributed by atoms with E-state index < -0.39 is 5.97 Å². The molecule has 56 valence electrons. The summed E-state index contributed by atoms with van der Waals surface area (Å²) in [5.74, 6) is -1.17. The van der Waals surface area contributed by atoms with Crippen LogP contribution in [-0.4, -0.2) is 11.9 Å². The van der Waals surface area contributed by atoms with E-state index in [2.05, 4.69) is 16.9 Å². The van der Waals surface area contributed by atoms with Crippen LogP contribution in [0, 0.1) is 0 Å². The Labute approximate surface area is 87.4 Å². The summed E-state index contributed by atoms with van der Waals surface area (Å²) in [6, 6.07) is 0. The van der Waals surface area contributed by atoms with E-state index in [0.717, 1.165) is 6.92 Å². The van der Waals surface area contributed by atoms with Crippen molar-refractivity contribution < 1.29 is 57.3 Å². The Bertz CT molecular complexity index is 79.7. The standard InChI is InChI=1S/C2H4O2.CH5N3.ClH.Na/c1-2(3)4;2-1(3)4;;/h1H3,(H,3,4);(H5,2,3,4);1H;/q;;;+1/p-1. The maximum absolute atomic E-state index is 8.89. The summed E-state index contributed by atoms with van der Waals surface area (Å²) >= 11 is 0. The number of carbonyl (C=O) groups is 1. The number of carbonyl (C=O) groups excluding carboxylic acids is 1. The molecule has 0 atom stereocenters. The number of guanidine groups is 1. The Morgan fingerprint density at radius 1 is 1.50 bits per heavy atom. The fourth-order valence-electron chi connectivity index (χ4n) is 0. The first kappa shape index (κ1) is 22.5. The SMILES string of the molecule is CC(=O)[O-].NC(N)=[NH2+].[Cl-].[Na+]. The van der Waals surface area contributed by atoms with E-state index >= 15 is 0 Å². The quantitative estimate of drug-likeness (QED) is 0.193. The van der Waals surface area contributed by atoms with E-state index in [9.17, 15) is 0 Å². The maximum Gasteiger partial charge on any atom is 1.00 e. The maximum atomic E-state index is 8.89. The topological polar surface area (TPSA) is 118 Å². The number of carboxylic acids is 1. The minimum Gasteiger partial charge on any atom is -1.00 e. The molecule has 0 saturated heterocycles.